The standard InChI is InChI=1S/C14H20N2O2/c1-13(2,3)12-6-11(18-16-12)7-14(4,5)10-8-15-17-9-10/h6,8-9H,7H2,1-5H3. The van der Waals surface area contributed by atoms with Crippen LogP contribution in [0.25, 0.3) is 0 Å². The van der Waals surface area contributed by atoms with Crippen molar-refractivity contribution in [3.63, 3.8) is 0 Å². The van der Waals surface area contributed by atoms with Crippen LogP contribution in [0, 0.1) is 0 Å². The van der Waals surface area contributed by atoms with E-state index in [1.807, 2.05) is 6.07 Å². The van der Waals surface area contributed by atoms with Gasteiger partial charge in [0.25, 0.3) is 0 Å². The summed E-state index contributed by atoms with van der Waals surface area (Å²) in [5.41, 5.74) is 1.99. The third-order valence-corrected chi connectivity index (χ3v) is 3.16. The van der Waals surface area contributed by atoms with Crippen LogP contribution in [0.1, 0.15) is 51.6 Å². The minimum absolute atomic E-state index is 0.0170. The maximum absolute atomic E-state index is 5.42. The van der Waals surface area contributed by atoms with E-state index >= 15 is 0 Å². The largest absolute Gasteiger partial charge is 0.364 e. The summed E-state index contributed by atoms with van der Waals surface area (Å²) in [4.78, 5) is 0. The Morgan fingerprint density at radius 1 is 1.17 bits per heavy atom. The molecule has 0 unspecified atom stereocenters. The minimum atomic E-state index is -0.0747. The summed E-state index contributed by atoms with van der Waals surface area (Å²) in [6, 6.07) is 2.04. The molecule has 2 rings (SSSR count). The smallest absolute Gasteiger partial charge is 0.137 e. The van der Waals surface area contributed by atoms with Gasteiger partial charge < -0.3 is 9.05 Å². The van der Waals surface area contributed by atoms with Gasteiger partial charge in [-0.15, -0.1) is 0 Å². The van der Waals surface area contributed by atoms with Gasteiger partial charge in [-0.05, 0) is 0 Å². The zero-order valence-corrected chi connectivity index (χ0v) is 11.7. The molecule has 4 heteroatoms. The second-order valence-electron chi connectivity index (χ2n) is 6.40. The molecule has 0 N–H and O–H groups in total. The Morgan fingerprint density at radius 3 is 2.39 bits per heavy atom. The van der Waals surface area contributed by atoms with Gasteiger partial charge in [-0.2, -0.15) is 0 Å². The number of hydrogen-bond acceptors (Lipinski definition) is 4. The maximum Gasteiger partial charge on any atom is 0.137 e. The van der Waals surface area contributed by atoms with Gasteiger partial charge in [-0.1, -0.05) is 44.9 Å². The molecule has 2 aromatic rings. The first-order chi connectivity index (χ1) is 8.29. The highest BCUT2D eigenvalue weighted by Gasteiger charge is 2.26. The van der Waals surface area contributed by atoms with Crippen LogP contribution in [0.3, 0.4) is 0 Å². The summed E-state index contributed by atoms with van der Waals surface area (Å²) in [5.74, 6) is 0.895. The van der Waals surface area contributed by atoms with Crippen molar-refractivity contribution in [1.29, 1.82) is 0 Å². The second-order valence-corrected chi connectivity index (χ2v) is 6.40. The highest BCUT2D eigenvalue weighted by molar-refractivity contribution is 5.21. The average molecular weight is 248 g/mol. The topological polar surface area (TPSA) is 52.1 Å². The fourth-order valence-electron chi connectivity index (χ4n) is 1.83. The first-order valence-electron chi connectivity index (χ1n) is 6.15. The summed E-state index contributed by atoms with van der Waals surface area (Å²) < 4.78 is 10.3. The molecule has 2 heterocycles. The predicted molar refractivity (Wildman–Crippen MR) is 68.4 cm³/mol. The third kappa shape index (κ3) is 2.63. The zero-order chi connectivity index (χ0) is 13.4. The molecule has 0 amide bonds. The number of hydrogen-bond donors (Lipinski definition) is 0. The van der Waals surface area contributed by atoms with Crippen molar-refractivity contribution in [2.24, 2.45) is 0 Å². The SMILES string of the molecule is CC(C)(C)c1cc(CC(C)(C)c2cnoc2)on1. The Balaban J connectivity index is 2.17. The van der Waals surface area contributed by atoms with E-state index < -0.39 is 0 Å². The molecule has 0 radical (unpaired) electrons. The maximum atomic E-state index is 5.42. The fraction of sp³-hybridized carbons (Fsp3) is 0.571. The molecule has 98 valence electrons. The van der Waals surface area contributed by atoms with Gasteiger partial charge in [-0.3, -0.25) is 0 Å². The monoisotopic (exact) mass is 248 g/mol. The molecule has 0 bridgehead atoms. The predicted octanol–water partition coefficient (Wildman–Crippen LogP) is 3.48. The normalized spacial score (nSPS) is 12.9. The van der Waals surface area contributed by atoms with Crippen molar-refractivity contribution in [3.05, 3.63) is 35.5 Å². The van der Waals surface area contributed by atoms with Crippen molar-refractivity contribution < 1.29 is 9.05 Å². The van der Waals surface area contributed by atoms with E-state index in [0.717, 1.165) is 23.4 Å². The van der Waals surface area contributed by atoms with Crippen LogP contribution in [0.5, 0.6) is 0 Å². The first-order valence-corrected chi connectivity index (χ1v) is 6.15. The van der Waals surface area contributed by atoms with Crippen molar-refractivity contribution in [1.82, 2.24) is 10.3 Å². The van der Waals surface area contributed by atoms with Crippen LogP contribution in [-0.2, 0) is 17.3 Å². The van der Waals surface area contributed by atoms with Crippen LogP contribution >= 0.6 is 0 Å². The van der Waals surface area contributed by atoms with E-state index in [9.17, 15) is 0 Å². The van der Waals surface area contributed by atoms with Crippen LogP contribution < -0.4 is 0 Å². The van der Waals surface area contributed by atoms with Crippen molar-refractivity contribution in [2.75, 3.05) is 0 Å². The third-order valence-electron chi connectivity index (χ3n) is 3.16. The van der Waals surface area contributed by atoms with E-state index in [1.165, 1.54) is 0 Å². The molecular weight excluding hydrogens is 228 g/mol. The van der Waals surface area contributed by atoms with Gasteiger partial charge in [0, 0.05) is 28.9 Å². The molecule has 0 aliphatic heterocycles. The zero-order valence-electron chi connectivity index (χ0n) is 11.7. The highest BCUT2D eigenvalue weighted by atomic mass is 16.5. The molecule has 0 saturated heterocycles. The molecule has 4 nitrogen and oxygen atoms in total. The average Bonchev–Trinajstić information content (AvgIpc) is 2.83. The molecule has 0 atom stereocenters. The second kappa shape index (κ2) is 4.26. The molecule has 0 spiro atoms. The van der Waals surface area contributed by atoms with Gasteiger partial charge in [-0.25, -0.2) is 0 Å². The lowest BCUT2D eigenvalue weighted by atomic mass is 9.82. The van der Waals surface area contributed by atoms with Crippen LogP contribution in [0.15, 0.2) is 27.6 Å². The van der Waals surface area contributed by atoms with Gasteiger partial charge >= 0.3 is 0 Å². The fourth-order valence-corrected chi connectivity index (χ4v) is 1.83. The molecule has 2 aromatic heterocycles. The van der Waals surface area contributed by atoms with E-state index in [2.05, 4.69) is 44.9 Å². The molecule has 0 saturated carbocycles. The van der Waals surface area contributed by atoms with Crippen LogP contribution in [0.4, 0.5) is 0 Å². The number of rotatable bonds is 3. The van der Waals surface area contributed by atoms with Gasteiger partial charge in [0.15, 0.2) is 0 Å². The summed E-state index contributed by atoms with van der Waals surface area (Å²) >= 11 is 0. The molecule has 0 aliphatic rings. The van der Waals surface area contributed by atoms with E-state index in [4.69, 9.17) is 9.05 Å². The Kier molecular flexibility index (Phi) is 3.05. The lowest BCUT2D eigenvalue weighted by Gasteiger charge is -2.20. The quantitative estimate of drug-likeness (QED) is 0.834. The van der Waals surface area contributed by atoms with E-state index in [-0.39, 0.29) is 10.8 Å². The van der Waals surface area contributed by atoms with Gasteiger partial charge in [0.2, 0.25) is 0 Å². The van der Waals surface area contributed by atoms with Gasteiger partial charge in [0.05, 0.1) is 11.9 Å². The Labute approximate surface area is 107 Å². The Bertz CT molecular complexity index is 504. The lowest BCUT2D eigenvalue weighted by molar-refractivity contribution is 0.340. The lowest BCUT2D eigenvalue weighted by Crippen LogP contribution is -2.19. The first kappa shape index (κ1) is 12.9. The summed E-state index contributed by atoms with van der Waals surface area (Å²) in [6.07, 6.45) is 4.21. The highest BCUT2D eigenvalue weighted by Crippen LogP contribution is 2.29. The molecule has 0 fully saturated rings. The number of aromatic nitrogens is 2. The van der Waals surface area contributed by atoms with E-state index in [0.29, 0.717) is 0 Å². The van der Waals surface area contributed by atoms with Crippen LogP contribution in [-0.4, -0.2) is 10.3 Å². The Morgan fingerprint density at radius 2 is 1.89 bits per heavy atom. The van der Waals surface area contributed by atoms with Crippen molar-refractivity contribution in [2.45, 2.75) is 51.9 Å². The minimum Gasteiger partial charge on any atom is -0.364 e. The summed E-state index contributed by atoms with van der Waals surface area (Å²) in [5, 5.41) is 7.89. The molecule has 0 aliphatic carbocycles. The molecule has 18 heavy (non-hydrogen) atoms. The molecule has 0 aromatic carbocycles. The van der Waals surface area contributed by atoms with Crippen LogP contribution in [0.2, 0.25) is 0 Å². The van der Waals surface area contributed by atoms with Crippen molar-refractivity contribution >= 4 is 0 Å². The summed E-state index contributed by atoms with van der Waals surface area (Å²) in [6.45, 7) is 10.6. The Hall–Kier alpha value is -1.58. The summed E-state index contributed by atoms with van der Waals surface area (Å²) in [7, 11) is 0. The van der Waals surface area contributed by atoms with Gasteiger partial charge in [0.1, 0.15) is 12.0 Å². The molecular formula is C14H20N2O2. The number of nitrogens with zero attached hydrogens (tertiary/aromatic N) is 2. The van der Waals surface area contributed by atoms with Crippen molar-refractivity contribution in [3.8, 4) is 0 Å². The van der Waals surface area contributed by atoms with E-state index in [1.54, 1.807) is 12.5 Å².